The molecule has 0 aliphatic carbocycles. The van der Waals surface area contributed by atoms with E-state index in [1.54, 1.807) is 6.20 Å². The number of nitrogens with two attached hydrogens (primary N) is 1. The van der Waals surface area contributed by atoms with Gasteiger partial charge < -0.3 is 16.0 Å². The first-order valence-electron chi connectivity index (χ1n) is 9.37. The molecule has 6 nitrogen and oxygen atoms in total. The number of aryl methyl sites for hydroxylation is 1. The van der Waals surface area contributed by atoms with Crippen LogP contribution in [0.2, 0.25) is 0 Å². The van der Waals surface area contributed by atoms with Crippen molar-refractivity contribution in [3.05, 3.63) is 96.4 Å². The predicted molar refractivity (Wildman–Crippen MR) is 117 cm³/mol. The van der Waals surface area contributed by atoms with E-state index in [0.717, 1.165) is 22.6 Å². The van der Waals surface area contributed by atoms with Crippen molar-refractivity contribution in [2.24, 2.45) is 0 Å². The summed E-state index contributed by atoms with van der Waals surface area (Å²) in [6.07, 6.45) is 3.28. The normalized spacial score (nSPS) is 10.5. The van der Waals surface area contributed by atoms with E-state index in [0.29, 0.717) is 23.9 Å². The lowest BCUT2D eigenvalue weighted by Crippen LogP contribution is -2.21. The molecule has 6 heteroatoms. The average Bonchev–Trinajstić information content (AvgIpc) is 2.75. The predicted octanol–water partition coefficient (Wildman–Crippen LogP) is 4.84. The van der Waals surface area contributed by atoms with Gasteiger partial charge >= 0.3 is 0 Å². The van der Waals surface area contributed by atoms with E-state index in [1.165, 1.54) is 6.33 Å². The number of nitrogen functional groups attached to an aromatic ring is 1. The summed E-state index contributed by atoms with van der Waals surface area (Å²) in [7, 11) is 0. The Hall–Kier alpha value is -3.93. The lowest BCUT2D eigenvalue weighted by atomic mass is 10.2. The molecule has 0 aliphatic rings. The number of benzene rings is 2. The third-order valence-corrected chi connectivity index (χ3v) is 4.51. The number of hydrogen-bond acceptors (Lipinski definition) is 6. The van der Waals surface area contributed by atoms with Crippen molar-refractivity contribution in [2.45, 2.75) is 13.5 Å². The Morgan fingerprint density at radius 3 is 2.48 bits per heavy atom. The minimum absolute atomic E-state index is 0.468. The summed E-state index contributed by atoms with van der Waals surface area (Å²) in [6.45, 7) is 2.63. The van der Waals surface area contributed by atoms with Gasteiger partial charge in [-0.05, 0) is 42.3 Å². The number of aromatic nitrogens is 3. The zero-order chi connectivity index (χ0) is 20.1. The van der Waals surface area contributed by atoms with Crippen molar-refractivity contribution in [1.82, 2.24) is 15.0 Å². The van der Waals surface area contributed by atoms with E-state index in [-0.39, 0.29) is 0 Å². The molecule has 0 aliphatic heterocycles. The van der Waals surface area contributed by atoms with Gasteiger partial charge in [0.25, 0.3) is 0 Å². The zero-order valence-corrected chi connectivity index (χ0v) is 16.2. The molecule has 0 unspecified atom stereocenters. The monoisotopic (exact) mass is 382 g/mol. The van der Waals surface area contributed by atoms with Crippen LogP contribution in [0.3, 0.4) is 0 Å². The van der Waals surface area contributed by atoms with Crippen LogP contribution in [0.1, 0.15) is 11.1 Å². The number of anilines is 5. The quantitative estimate of drug-likeness (QED) is 0.496. The molecule has 0 saturated carbocycles. The van der Waals surface area contributed by atoms with Crippen LogP contribution in [0.5, 0.6) is 0 Å². The van der Waals surface area contributed by atoms with Gasteiger partial charge in [-0.25, -0.2) is 15.0 Å². The number of hydrogen-bond donors (Lipinski definition) is 2. The van der Waals surface area contributed by atoms with Crippen LogP contribution in [-0.4, -0.2) is 15.0 Å². The molecule has 0 saturated heterocycles. The zero-order valence-electron chi connectivity index (χ0n) is 16.2. The van der Waals surface area contributed by atoms with Gasteiger partial charge in [0.2, 0.25) is 0 Å². The first kappa shape index (κ1) is 18.4. The van der Waals surface area contributed by atoms with Crippen LogP contribution in [0, 0.1) is 6.92 Å². The summed E-state index contributed by atoms with van der Waals surface area (Å²) < 4.78 is 0. The van der Waals surface area contributed by atoms with Crippen LogP contribution in [-0.2, 0) is 6.54 Å². The van der Waals surface area contributed by atoms with Gasteiger partial charge in [-0.2, -0.15) is 0 Å². The molecular weight excluding hydrogens is 360 g/mol. The second-order valence-electron chi connectivity index (χ2n) is 6.71. The SMILES string of the molecule is Cc1cccc(Nc2ncnc(N(Cc3ccccc3)c3ccccn3)c2N)c1. The van der Waals surface area contributed by atoms with Crippen molar-refractivity contribution in [1.29, 1.82) is 0 Å². The van der Waals surface area contributed by atoms with Gasteiger partial charge in [0.15, 0.2) is 11.6 Å². The topological polar surface area (TPSA) is 80.0 Å². The molecule has 4 rings (SSSR count). The Morgan fingerprint density at radius 2 is 1.72 bits per heavy atom. The van der Waals surface area contributed by atoms with Crippen LogP contribution in [0.15, 0.2) is 85.3 Å². The molecule has 29 heavy (non-hydrogen) atoms. The molecular formula is C23H22N6. The van der Waals surface area contributed by atoms with Crippen LogP contribution in [0.25, 0.3) is 0 Å². The average molecular weight is 382 g/mol. The second-order valence-corrected chi connectivity index (χ2v) is 6.71. The van der Waals surface area contributed by atoms with Crippen molar-refractivity contribution < 1.29 is 0 Å². The largest absolute Gasteiger partial charge is 0.393 e. The Bertz CT molecular complexity index is 1080. The van der Waals surface area contributed by atoms with Crippen LogP contribution in [0.4, 0.5) is 28.8 Å². The standard InChI is InChI=1S/C23H22N6/c1-17-8-7-11-19(14-17)28-22-21(24)23(27-16-26-22)29(20-12-5-6-13-25-20)15-18-9-3-2-4-10-18/h2-14,16H,15,24H2,1H3,(H,26,27,28). The fourth-order valence-electron chi connectivity index (χ4n) is 3.10. The van der Waals surface area contributed by atoms with Gasteiger partial charge in [0.05, 0.1) is 6.54 Å². The van der Waals surface area contributed by atoms with Crippen LogP contribution < -0.4 is 16.0 Å². The fraction of sp³-hybridized carbons (Fsp3) is 0.0870. The lowest BCUT2D eigenvalue weighted by Gasteiger charge is -2.25. The van der Waals surface area contributed by atoms with Gasteiger partial charge in [-0.1, -0.05) is 48.5 Å². The van der Waals surface area contributed by atoms with E-state index in [1.807, 2.05) is 72.5 Å². The molecule has 0 radical (unpaired) electrons. The molecule has 2 heterocycles. The van der Waals surface area contributed by atoms with Gasteiger partial charge in [0, 0.05) is 11.9 Å². The highest BCUT2D eigenvalue weighted by atomic mass is 15.3. The number of nitrogens with zero attached hydrogens (tertiary/aromatic N) is 4. The Morgan fingerprint density at radius 1 is 0.897 bits per heavy atom. The third-order valence-electron chi connectivity index (χ3n) is 4.51. The molecule has 144 valence electrons. The summed E-state index contributed by atoms with van der Waals surface area (Å²) in [5.41, 5.74) is 10.2. The van der Waals surface area contributed by atoms with Gasteiger partial charge in [-0.3, -0.25) is 0 Å². The summed E-state index contributed by atoms with van der Waals surface area (Å²) >= 11 is 0. The smallest absolute Gasteiger partial charge is 0.163 e. The molecule has 4 aromatic rings. The van der Waals surface area contributed by atoms with E-state index in [9.17, 15) is 0 Å². The van der Waals surface area contributed by atoms with Crippen molar-refractivity contribution >= 4 is 28.8 Å². The summed E-state index contributed by atoms with van der Waals surface area (Å²) in [4.78, 5) is 15.3. The highest BCUT2D eigenvalue weighted by Crippen LogP contribution is 2.33. The molecule has 0 atom stereocenters. The minimum atomic E-state index is 0.468. The fourth-order valence-corrected chi connectivity index (χ4v) is 3.10. The third kappa shape index (κ3) is 4.32. The maximum Gasteiger partial charge on any atom is 0.163 e. The number of pyridine rings is 1. The first-order chi connectivity index (χ1) is 14.2. The van der Waals surface area contributed by atoms with Crippen LogP contribution >= 0.6 is 0 Å². The maximum absolute atomic E-state index is 6.50. The highest BCUT2D eigenvalue weighted by molar-refractivity contribution is 5.80. The Kier molecular flexibility index (Phi) is 5.33. The van der Waals surface area contributed by atoms with Gasteiger partial charge in [-0.15, -0.1) is 0 Å². The lowest BCUT2D eigenvalue weighted by molar-refractivity contribution is 0.918. The molecule has 3 N–H and O–H groups in total. The molecule has 0 amide bonds. The van der Waals surface area contributed by atoms with E-state index >= 15 is 0 Å². The van der Waals surface area contributed by atoms with Crippen molar-refractivity contribution in [3.63, 3.8) is 0 Å². The number of rotatable bonds is 6. The molecule has 0 spiro atoms. The van der Waals surface area contributed by atoms with Crippen molar-refractivity contribution in [3.8, 4) is 0 Å². The highest BCUT2D eigenvalue weighted by Gasteiger charge is 2.18. The first-order valence-corrected chi connectivity index (χ1v) is 9.37. The Balaban J connectivity index is 1.72. The second kappa shape index (κ2) is 8.39. The maximum atomic E-state index is 6.50. The van der Waals surface area contributed by atoms with E-state index < -0.39 is 0 Å². The molecule has 0 bridgehead atoms. The van der Waals surface area contributed by atoms with Gasteiger partial charge in [0.1, 0.15) is 17.8 Å². The number of nitrogens with one attached hydrogen (secondary N) is 1. The Labute approximate surface area is 170 Å². The molecule has 2 aromatic carbocycles. The van der Waals surface area contributed by atoms with E-state index in [4.69, 9.17) is 5.73 Å². The minimum Gasteiger partial charge on any atom is -0.393 e. The van der Waals surface area contributed by atoms with E-state index in [2.05, 4.69) is 32.4 Å². The molecule has 0 fully saturated rings. The summed E-state index contributed by atoms with van der Waals surface area (Å²) in [6, 6.07) is 24.0. The summed E-state index contributed by atoms with van der Waals surface area (Å²) in [5.74, 6) is 1.94. The molecule has 2 aromatic heterocycles. The summed E-state index contributed by atoms with van der Waals surface area (Å²) in [5, 5.41) is 3.30. The van der Waals surface area contributed by atoms with Crippen molar-refractivity contribution in [2.75, 3.05) is 16.0 Å².